The highest BCUT2D eigenvalue weighted by Gasteiger charge is 2.28. The molecule has 5 N–H and O–H groups in total. The van der Waals surface area contributed by atoms with Crippen LogP contribution in [-0.2, 0) is 4.79 Å². The Bertz CT molecular complexity index is 1340. The maximum Gasteiger partial charge on any atom is 0.274 e. The summed E-state index contributed by atoms with van der Waals surface area (Å²) in [7, 11) is 0. The van der Waals surface area contributed by atoms with E-state index in [2.05, 4.69) is 5.32 Å². The van der Waals surface area contributed by atoms with E-state index in [9.17, 15) is 19.2 Å². The first kappa shape index (κ1) is 25.6. The zero-order valence-corrected chi connectivity index (χ0v) is 20.4. The number of carbonyl (C=O) groups excluding carboxylic acids is 4. The Hall–Kier alpha value is -4.50. The summed E-state index contributed by atoms with van der Waals surface area (Å²) >= 11 is 0. The van der Waals surface area contributed by atoms with Gasteiger partial charge in [-0.05, 0) is 73.4 Å². The first-order chi connectivity index (χ1) is 17.7. The van der Waals surface area contributed by atoms with Crippen LogP contribution in [0.4, 0.5) is 5.69 Å². The van der Waals surface area contributed by atoms with Gasteiger partial charge < -0.3 is 16.0 Å². The Labute approximate surface area is 214 Å². The van der Waals surface area contributed by atoms with Gasteiger partial charge in [0.05, 0.1) is 5.92 Å². The largest absolute Gasteiger partial charge is 0.369 e. The van der Waals surface area contributed by atoms with Crippen molar-refractivity contribution < 1.29 is 24.4 Å². The summed E-state index contributed by atoms with van der Waals surface area (Å²) in [6, 6.07) is 18.7. The number of anilines is 1. The average molecular weight is 501 g/mol. The molecule has 0 unspecified atom stereocenters. The number of rotatable bonds is 6. The Kier molecular flexibility index (Phi) is 7.64. The molecule has 1 saturated heterocycles. The highest BCUT2D eigenvalue weighted by atomic mass is 16.5. The van der Waals surface area contributed by atoms with E-state index in [1.165, 1.54) is 0 Å². The van der Waals surface area contributed by atoms with Gasteiger partial charge in [0.2, 0.25) is 5.91 Å². The number of benzene rings is 3. The van der Waals surface area contributed by atoms with Crippen LogP contribution in [0, 0.1) is 12.8 Å². The molecule has 9 nitrogen and oxygen atoms in total. The van der Waals surface area contributed by atoms with Crippen LogP contribution in [0.15, 0.2) is 66.7 Å². The molecule has 4 amide bonds. The number of nitrogens with zero attached hydrogens (tertiary/aromatic N) is 1. The molecule has 0 aromatic heterocycles. The summed E-state index contributed by atoms with van der Waals surface area (Å²) in [6.45, 7) is 2.68. The molecule has 4 rings (SSSR count). The van der Waals surface area contributed by atoms with E-state index >= 15 is 0 Å². The number of primary amides is 1. The second kappa shape index (κ2) is 11.0. The third-order valence-corrected chi connectivity index (χ3v) is 6.44. The monoisotopic (exact) mass is 500 g/mol. The lowest BCUT2D eigenvalue weighted by atomic mass is 9.96. The molecule has 9 heteroatoms. The third kappa shape index (κ3) is 6.02. The van der Waals surface area contributed by atoms with Crippen molar-refractivity contribution in [1.29, 1.82) is 0 Å². The van der Waals surface area contributed by atoms with Crippen LogP contribution in [0.1, 0.15) is 49.5 Å². The fourth-order valence-corrected chi connectivity index (χ4v) is 4.35. The lowest BCUT2D eigenvalue weighted by Crippen LogP contribution is -2.44. The molecule has 1 heterocycles. The second-order valence-corrected chi connectivity index (χ2v) is 9.13. The number of nitrogens with two attached hydrogens (primary N) is 1. The summed E-state index contributed by atoms with van der Waals surface area (Å²) in [4.78, 5) is 51.4. The van der Waals surface area contributed by atoms with Gasteiger partial charge in [0.25, 0.3) is 17.7 Å². The molecule has 190 valence electrons. The van der Waals surface area contributed by atoms with Crippen LogP contribution in [0.5, 0.6) is 0 Å². The number of hydrogen-bond acceptors (Lipinski definition) is 5. The predicted molar refractivity (Wildman–Crippen MR) is 138 cm³/mol. The van der Waals surface area contributed by atoms with Gasteiger partial charge in [-0.1, -0.05) is 29.8 Å². The Morgan fingerprint density at radius 3 is 2.16 bits per heavy atom. The van der Waals surface area contributed by atoms with E-state index in [4.69, 9.17) is 10.9 Å². The number of piperidine rings is 1. The van der Waals surface area contributed by atoms with Crippen LogP contribution < -0.4 is 16.5 Å². The second-order valence-electron chi connectivity index (χ2n) is 9.13. The van der Waals surface area contributed by atoms with E-state index in [0.29, 0.717) is 47.3 Å². The summed E-state index contributed by atoms with van der Waals surface area (Å²) in [6.07, 6.45) is 1.31. The minimum absolute atomic E-state index is 0.244. The molecule has 1 atom stereocenters. The lowest BCUT2D eigenvalue weighted by molar-refractivity contribution is -0.123. The van der Waals surface area contributed by atoms with Crippen molar-refractivity contribution >= 4 is 29.3 Å². The maximum absolute atomic E-state index is 13.5. The average Bonchev–Trinajstić information content (AvgIpc) is 2.92. The molecule has 3 aromatic carbocycles. The normalized spacial score (nSPS) is 15.1. The molecular weight excluding hydrogens is 472 g/mol. The van der Waals surface area contributed by atoms with E-state index in [1.807, 2.05) is 19.1 Å². The summed E-state index contributed by atoms with van der Waals surface area (Å²) in [5.74, 6) is -2.06. The number of aryl methyl sites for hydroxylation is 1. The van der Waals surface area contributed by atoms with Gasteiger partial charge in [0.1, 0.15) is 0 Å². The molecule has 0 spiro atoms. The predicted octanol–water partition coefficient (Wildman–Crippen LogP) is 3.37. The van der Waals surface area contributed by atoms with Gasteiger partial charge in [-0.2, -0.15) is 0 Å². The molecule has 1 fully saturated rings. The van der Waals surface area contributed by atoms with Gasteiger partial charge in [-0.15, -0.1) is 0 Å². The number of hydrogen-bond donors (Lipinski definition) is 4. The van der Waals surface area contributed by atoms with Crippen LogP contribution >= 0.6 is 0 Å². The first-order valence-electron chi connectivity index (χ1n) is 11.9. The SMILES string of the molecule is Cc1ccc(C(=O)Nc2cc(C(=O)N3CCC[C@H](C(N)=O)C3)cc(-c3ccc(C(=O)NO)cc3)c2)cc1. The van der Waals surface area contributed by atoms with Gasteiger partial charge in [-0.3, -0.25) is 24.4 Å². The highest BCUT2D eigenvalue weighted by Crippen LogP contribution is 2.28. The van der Waals surface area contributed by atoms with Crippen molar-refractivity contribution in [3.63, 3.8) is 0 Å². The van der Waals surface area contributed by atoms with E-state index < -0.39 is 17.7 Å². The zero-order chi connectivity index (χ0) is 26.5. The minimum atomic E-state index is -0.643. The van der Waals surface area contributed by atoms with Crippen molar-refractivity contribution in [3.8, 4) is 11.1 Å². The minimum Gasteiger partial charge on any atom is -0.369 e. The molecule has 1 aliphatic rings. The summed E-state index contributed by atoms with van der Waals surface area (Å²) < 4.78 is 0. The van der Waals surface area contributed by atoms with Gasteiger partial charge in [0, 0.05) is 35.5 Å². The van der Waals surface area contributed by atoms with Crippen molar-refractivity contribution in [2.75, 3.05) is 18.4 Å². The van der Waals surface area contributed by atoms with E-state index in [1.54, 1.807) is 65.0 Å². The summed E-state index contributed by atoms with van der Waals surface area (Å²) in [5.41, 5.74) is 11.0. The number of carbonyl (C=O) groups is 4. The Morgan fingerprint density at radius 2 is 1.51 bits per heavy atom. The zero-order valence-electron chi connectivity index (χ0n) is 20.4. The Balaban J connectivity index is 1.68. The van der Waals surface area contributed by atoms with Crippen molar-refractivity contribution in [2.45, 2.75) is 19.8 Å². The van der Waals surface area contributed by atoms with Crippen LogP contribution in [0.2, 0.25) is 0 Å². The summed E-state index contributed by atoms with van der Waals surface area (Å²) in [5, 5.41) is 11.7. The van der Waals surface area contributed by atoms with E-state index in [0.717, 1.165) is 5.56 Å². The first-order valence-corrected chi connectivity index (χ1v) is 11.9. The van der Waals surface area contributed by atoms with Crippen LogP contribution in [-0.4, -0.2) is 46.8 Å². The molecule has 1 aliphatic heterocycles. The Morgan fingerprint density at radius 1 is 0.865 bits per heavy atom. The lowest BCUT2D eigenvalue weighted by Gasteiger charge is -2.31. The van der Waals surface area contributed by atoms with Gasteiger partial charge in [0.15, 0.2) is 0 Å². The van der Waals surface area contributed by atoms with Crippen molar-refractivity contribution in [1.82, 2.24) is 10.4 Å². The quantitative estimate of drug-likeness (QED) is 0.303. The third-order valence-electron chi connectivity index (χ3n) is 6.44. The van der Waals surface area contributed by atoms with E-state index in [-0.39, 0.29) is 23.9 Å². The number of amides is 4. The fourth-order valence-electron chi connectivity index (χ4n) is 4.35. The molecule has 0 saturated carbocycles. The number of nitrogens with one attached hydrogen (secondary N) is 2. The molecule has 0 bridgehead atoms. The fraction of sp³-hybridized carbons (Fsp3) is 0.214. The standard InChI is InChI=1S/C28H28N4O5/c1-17-4-6-19(7-5-17)26(34)30-24-14-22(18-8-10-20(11-9-18)27(35)31-37)13-23(15-24)28(36)32-12-2-3-21(16-32)25(29)33/h4-11,13-15,21,37H,2-3,12,16H2,1H3,(H2,29,33)(H,30,34)(H,31,35)/t21-/m0/s1. The molecule has 0 aliphatic carbocycles. The molecule has 0 radical (unpaired) electrons. The topological polar surface area (TPSA) is 142 Å². The molecular formula is C28H28N4O5. The maximum atomic E-state index is 13.5. The molecule has 37 heavy (non-hydrogen) atoms. The van der Waals surface area contributed by atoms with Crippen LogP contribution in [0.3, 0.4) is 0 Å². The van der Waals surface area contributed by atoms with Crippen LogP contribution in [0.25, 0.3) is 11.1 Å². The van der Waals surface area contributed by atoms with Crippen molar-refractivity contribution in [3.05, 3.63) is 89.0 Å². The van der Waals surface area contributed by atoms with Gasteiger partial charge >= 0.3 is 0 Å². The van der Waals surface area contributed by atoms with Crippen molar-refractivity contribution in [2.24, 2.45) is 11.7 Å². The van der Waals surface area contributed by atoms with Gasteiger partial charge in [-0.25, -0.2) is 5.48 Å². The smallest absolute Gasteiger partial charge is 0.274 e. The number of hydroxylamine groups is 1. The number of likely N-dealkylation sites (tertiary alicyclic amines) is 1. The highest BCUT2D eigenvalue weighted by molar-refractivity contribution is 6.06. The molecule has 3 aromatic rings.